The molecule has 0 bridgehead atoms. The van der Waals surface area contributed by atoms with Crippen LogP contribution in [-0.2, 0) is 10.0 Å². The lowest BCUT2D eigenvalue weighted by atomic mass is 10.0. The summed E-state index contributed by atoms with van der Waals surface area (Å²) in [5.74, 6) is 0.580. The Kier molecular flexibility index (Phi) is 7.08. The van der Waals surface area contributed by atoms with Gasteiger partial charge < -0.3 is 11.1 Å². The molecule has 0 aliphatic rings. The monoisotopic (exact) mass is 567 g/mol. The van der Waals surface area contributed by atoms with Gasteiger partial charge in [0.05, 0.1) is 47.0 Å². The van der Waals surface area contributed by atoms with Crippen LogP contribution in [0.2, 0.25) is 0 Å². The maximum Gasteiger partial charge on any atom is 0.266 e. The van der Waals surface area contributed by atoms with Crippen molar-refractivity contribution in [2.45, 2.75) is 13.0 Å². The molecule has 41 heavy (non-hydrogen) atoms. The Hall–Kier alpha value is -5.35. The summed E-state index contributed by atoms with van der Waals surface area (Å²) in [6.45, 7) is 1.80. The van der Waals surface area contributed by atoms with Crippen molar-refractivity contribution < 1.29 is 8.42 Å². The van der Waals surface area contributed by atoms with Crippen LogP contribution in [-0.4, -0.2) is 46.2 Å². The number of nitriles is 1. The molecule has 12 nitrogen and oxygen atoms in total. The molecule has 13 heteroatoms. The molecule has 0 saturated heterocycles. The van der Waals surface area contributed by atoms with Crippen molar-refractivity contribution in [2.24, 2.45) is 0 Å². The van der Waals surface area contributed by atoms with E-state index in [0.29, 0.717) is 39.2 Å². The lowest BCUT2D eigenvalue weighted by molar-refractivity contribution is 0.600. The minimum atomic E-state index is -3.53. The second kappa shape index (κ2) is 10.7. The molecule has 206 valence electrons. The fraction of sp³-hybridized carbons (Fsp3) is 0.143. The molecular weight excluding hydrogens is 542 g/mol. The van der Waals surface area contributed by atoms with Gasteiger partial charge in [-0.3, -0.25) is 18.7 Å². The minimum absolute atomic E-state index is 0.00683. The molecule has 3 N–H and O–H groups in total. The second-order valence-electron chi connectivity index (χ2n) is 9.28. The Morgan fingerprint density at radius 2 is 1.83 bits per heavy atom. The van der Waals surface area contributed by atoms with E-state index in [1.807, 2.05) is 24.3 Å². The largest absolute Gasteiger partial charge is 0.368 e. The molecule has 0 aliphatic heterocycles. The fourth-order valence-electron chi connectivity index (χ4n) is 4.40. The van der Waals surface area contributed by atoms with E-state index in [1.165, 1.54) is 24.0 Å². The molecule has 2 aromatic carbocycles. The van der Waals surface area contributed by atoms with E-state index >= 15 is 0 Å². The van der Waals surface area contributed by atoms with Gasteiger partial charge in [-0.2, -0.15) is 10.2 Å². The van der Waals surface area contributed by atoms with Crippen LogP contribution in [0.5, 0.6) is 0 Å². The Morgan fingerprint density at radius 1 is 1.07 bits per heavy atom. The van der Waals surface area contributed by atoms with Crippen LogP contribution in [0, 0.1) is 11.3 Å². The zero-order valence-corrected chi connectivity index (χ0v) is 23.2. The number of hydrogen-bond donors (Lipinski definition) is 2. The summed E-state index contributed by atoms with van der Waals surface area (Å²) in [5, 5.41) is 13.0. The van der Waals surface area contributed by atoms with Crippen molar-refractivity contribution in [3.8, 4) is 22.9 Å². The van der Waals surface area contributed by atoms with E-state index in [0.717, 1.165) is 10.6 Å². The van der Waals surface area contributed by atoms with Gasteiger partial charge >= 0.3 is 0 Å². The number of sulfonamides is 1. The number of benzene rings is 2. The standard InChI is InChI=1S/C28H25N9O3S/c1-17(33-25-19(13-29)15-32-28(30)35-25)26-34-23-11-7-10-22(18-12-21(16-31-14-18)36(2)41(3,39)40)24(23)27(38)37(26)20-8-5-4-6-9-20/h4-12,14-17H,1-3H3,(H3,30,32,33,35). The molecule has 1 unspecified atom stereocenters. The maximum absolute atomic E-state index is 14.3. The zero-order valence-electron chi connectivity index (χ0n) is 22.3. The van der Waals surface area contributed by atoms with Crippen molar-refractivity contribution in [3.05, 3.63) is 94.9 Å². The van der Waals surface area contributed by atoms with Crippen LogP contribution >= 0.6 is 0 Å². The molecule has 0 spiro atoms. The summed E-state index contributed by atoms with van der Waals surface area (Å²) in [6.07, 6.45) is 5.44. The van der Waals surface area contributed by atoms with E-state index in [9.17, 15) is 18.5 Å². The van der Waals surface area contributed by atoms with Crippen molar-refractivity contribution in [2.75, 3.05) is 28.7 Å². The third-order valence-corrected chi connectivity index (χ3v) is 7.71. The summed E-state index contributed by atoms with van der Waals surface area (Å²) in [4.78, 5) is 31.5. The SMILES string of the molecule is CC(Nc1nc(N)ncc1C#N)c1nc2cccc(-c3cncc(N(C)S(C)(=O)=O)c3)c2c(=O)n1-c1ccccc1. The van der Waals surface area contributed by atoms with Gasteiger partial charge in [0.2, 0.25) is 16.0 Å². The molecule has 0 aliphatic carbocycles. The molecule has 0 amide bonds. The number of hydrogen-bond acceptors (Lipinski definition) is 10. The normalized spacial score (nSPS) is 12.0. The molecule has 0 radical (unpaired) electrons. The molecule has 5 aromatic rings. The first-order valence-corrected chi connectivity index (χ1v) is 14.2. The minimum Gasteiger partial charge on any atom is -0.368 e. The fourth-order valence-corrected chi connectivity index (χ4v) is 4.88. The highest BCUT2D eigenvalue weighted by molar-refractivity contribution is 7.92. The highest BCUT2D eigenvalue weighted by atomic mass is 32.2. The van der Waals surface area contributed by atoms with Gasteiger partial charge in [0.25, 0.3) is 5.56 Å². The van der Waals surface area contributed by atoms with E-state index < -0.39 is 16.1 Å². The number of nitrogens with two attached hydrogens (primary N) is 1. The smallest absolute Gasteiger partial charge is 0.266 e. The number of aromatic nitrogens is 5. The zero-order chi connectivity index (χ0) is 29.3. The average molecular weight is 568 g/mol. The lowest BCUT2D eigenvalue weighted by Crippen LogP contribution is -2.28. The first kappa shape index (κ1) is 27.2. The highest BCUT2D eigenvalue weighted by Gasteiger charge is 2.22. The van der Waals surface area contributed by atoms with Crippen LogP contribution in [0.3, 0.4) is 0 Å². The topological polar surface area (TPSA) is 173 Å². The maximum atomic E-state index is 14.3. The summed E-state index contributed by atoms with van der Waals surface area (Å²) >= 11 is 0. The van der Waals surface area contributed by atoms with Gasteiger partial charge in [0.1, 0.15) is 23.3 Å². The van der Waals surface area contributed by atoms with Crippen LogP contribution in [0.25, 0.3) is 27.7 Å². The first-order valence-electron chi connectivity index (χ1n) is 12.4. The quantitative estimate of drug-likeness (QED) is 0.297. The number of nitrogens with zero attached hydrogens (tertiary/aromatic N) is 7. The van der Waals surface area contributed by atoms with Gasteiger partial charge in [-0.15, -0.1) is 0 Å². The number of rotatable bonds is 7. The van der Waals surface area contributed by atoms with Crippen LogP contribution in [0.4, 0.5) is 17.5 Å². The second-order valence-corrected chi connectivity index (χ2v) is 11.3. The van der Waals surface area contributed by atoms with Crippen LogP contribution < -0.4 is 20.9 Å². The Labute approximate surface area is 235 Å². The molecular formula is C28H25N9O3S. The van der Waals surface area contributed by atoms with E-state index in [-0.39, 0.29) is 22.9 Å². The third kappa shape index (κ3) is 5.28. The number of fused-ring (bicyclic) bond motifs is 1. The van der Waals surface area contributed by atoms with E-state index in [4.69, 9.17) is 10.7 Å². The highest BCUT2D eigenvalue weighted by Crippen LogP contribution is 2.30. The molecule has 3 heterocycles. The predicted molar refractivity (Wildman–Crippen MR) is 157 cm³/mol. The number of anilines is 3. The molecule has 1 atom stereocenters. The molecule has 5 rings (SSSR count). The summed E-state index contributed by atoms with van der Waals surface area (Å²) in [7, 11) is -2.09. The number of pyridine rings is 1. The third-order valence-electron chi connectivity index (χ3n) is 6.50. The number of para-hydroxylation sites is 1. The summed E-state index contributed by atoms with van der Waals surface area (Å²) < 4.78 is 26.9. The Morgan fingerprint density at radius 3 is 2.54 bits per heavy atom. The van der Waals surface area contributed by atoms with Crippen molar-refractivity contribution in [1.82, 2.24) is 24.5 Å². The van der Waals surface area contributed by atoms with Crippen molar-refractivity contribution in [3.63, 3.8) is 0 Å². The van der Waals surface area contributed by atoms with Crippen LogP contribution in [0.1, 0.15) is 24.4 Å². The van der Waals surface area contributed by atoms with Crippen molar-refractivity contribution >= 4 is 38.4 Å². The van der Waals surface area contributed by atoms with Gasteiger partial charge in [-0.1, -0.05) is 30.3 Å². The van der Waals surface area contributed by atoms with E-state index in [1.54, 1.807) is 49.5 Å². The molecule has 0 saturated carbocycles. The van der Waals surface area contributed by atoms with Gasteiger partial charge in [-0.25, -0.2) is 18.4 Å². The Balaban J connectivity index is 1.73. The average Bonchev–Trinajstić information content (AvgIpc) is 2.96. The van der Waals surface area contributed by atoms with Crippen LogP contribution in [0.15, 0.2) is 78.0 Å². The molecule has 0 fully saturated rings. The summed E-state index contributed by atoms with van der Waals surface area (Å²) in [6, 6.07) is 17.4. The first-order chi connectivity index (χ1) is 19.6. The number of nitrogens with one attached hydrogen (secondary N) is 1. The summed E-state index contributed by atoms with van der Waals surface area (Å²) in [5.41, 5.74) is 8.06. The predicted octanol–water partition coefficient (Wildman–Crippen LogP) is 3.26. The van der Waals surface area contributed by atoms with E-state index in [2.05, 4.69) is 20.3 Å². The van der Waals surface area contributed by atoms with Crippen molar-refractivity contribution in [1.29, 1.82) is 5.26 Å². The van der Waals surface area contributed by atoms with Gasteiger partial charge in [0.15, 0.2) is 0 Å². The van der Waals surface area contributed by atoms with Gasteiger partial charge in [0, 0.05) is 18.8 Å². The lowest BCUT2D eigenvalue weighted by Gasteiger charge is -2.21. The Bertz CT molecular complexity index is 1990. The van der Waals surface area contributed by atoms with Gasteiger partial charge in [-0.05, 0) is 36.8 Å². The molecule has 3 aromatic heterocycles. The number of nitrogen functional groups attached to an aromatic ring is 1.